The van der Waals surface area contributed by atoms with E-state index in [1.54, 1.807) is 0 Å². The Morgan fingerprint density at radius 2 is 1.78 bits per heavy atom. The van der Waals surface area contributed by atoms with Gasteiger partial charge in [-0.25, -0.2) is 0 Å². The number of nitrogens with one attached hydrogen (secondary N) is 1. The fourth-order valence-electron chi connectivity index (χ4n) is 15.1. The zero-order valence-corrected chi connectivity index (χ0v) is 33.9. The quantitative estimate of drug-likeness (QED) is 0.167. The highest BCUT2D eigenvalue weighted by atomic mass is 16.6. The van der Waals surface area contributed by atoms with Crippen LogP contribution in [0.4, 0.5) is 0 Å². The van der Waals surface area contributed by atoms with Crippen molar-refractivity contribution < 1.29 is 29.6 Å². The minimum atomic E-state index is -1.10. The number of epoxide rings is 1. The Morgan fingerprint density at radius 3 is 2.52 bits per heavy atom. The summed E-state index contributed by atoms with van der Waals surface area (Å²) in [7, 11) is 0. The third-order valence-electron chi connectivity index (χ3n) is 18.4. The number of carbonyl (C=O) groups excluding carboxylic acids is 1. The standard InChI is InChI=1S/C46H70N2O6/c1-27-17-22-53-45(26-27,40-39(54-40)43(5,51)41(2,3)18-13-28-16-21-48-36(47)23-28)35-24-30-11-12-32-37-33(15-19-42(35,4)46(30,37)52)44(29-9-7-6-8-10-29)20-14-31(49)25-34(44)38(32)50/h16,23,27,29-31,33-35,39-40,48-49,51-52H,6-15,17-22,24-26,47H2,1-5H3. The number of aliphatic hydroxyl groups is 3. The summed E-state index contributed by atoms with van der Waals surface area (Å²) in [6.45, 7) is 12.4. The Morgan fingerprint density at radius 1 is 1.00 bits per heavy atom. The summed E-state index contributed by atoms with van der Waals surface area (Å²) in [6.07, 6.45) is 19.3. The first kappa shape index (κ1) is 37.8. The molecule has 2 saturated heterocycles. The van der Waals surface area contributed by atoms with E-state index in [2.05, 4.69) is 39.1 Å². The normalized spacial score (nSPS) is 47.5. The van der Waals surface area contributed by atoms with Crippen molar-refractivity contribution in [1.29, 1.82) is 0 Å². The maximum absolute atomic E-state index is 15.0. The van der Waals surface area contributed by atoms with E-state index in [0.717, 1.165) is 88.3 Å². The van der Waals surface area contributed by atoms with Crippen LogP contribution in [0.2, 0.25) is 0 Å². The number of nitrogens with two attached hydrogens (primary N) is 1. The van der Waals surface area contributed by atoms with Crippen molar-refractivity contribution in [3.63, 3.8) is 0 Å². The lowest BCUT2D eigenvalue weighted by Gasteiger charge is -2.66. The van der Waals surface area contributed by atoms with Crippen LogP contribution < -0.4 is 11.1 Å². The van der Waals surface area contributed by atoms with Crippen LogP contribution in [0.5, 0.6) is 0 Å². The molecule has 54 heavy (non-hydrogen) atoms. The van der Waals surface area contributed by atoms with Crippen LogP contribution >= 0.6 is 0 Å². The lowest BCUT2D eigenvalue weighted by atomic mass is 9.39. The largest absolute Gasteiger partial charge is 0.393 e. The Balaban J connectivity index is 1.07. The molecule has 4 saturated carbocycles. The molecule has 9 rings (SSSR count). The van der Waals surface area contributed by atoms with E-state index >= 15 is 0 Å². The van der Waals surface area contributed by atoms with Crippen LogP contribution in [0.25, 0.3) is 0 Å². The molecule has 6 fully saturated rings. The summed E-state index contributed by atoms with van der Waals surface area (Å²) < 4.78 is 14.0. The van der Waals surface area contributed by atoms with Gasteiger partial charge >= 0.3 is 0 Å². The number of rotatable bonds is 8. The van der Waals surface area contributed by atoms with E-state index in [1.807, 2.05) is 13.0 Å². The van der Waals surface area contributed by atoms with E-state index in [9.17, 15) is 20.1 Å². The Labute approximate surface area is 324 Å². The number of Topliss-reactive ketones (excluding diaryl/α,β-unsaturated/α-hetero) is 1. The van der Waals surface area contributed by atoms with E-state index in [-0.39, 0.29) is 47.1 Å². The topological polar surface area (TPSA) is 138 Å². The summed E-state index contributed by atoms with van der Waals surface area (Å²) in [4.78, 5) is 15.0. The van der Waals surface area contributed by atoms with Crippen LogP contribution in [-0.2, 0) is 14.3 Å². The zero-order valence-electron chi connectivity index (χ0n) is 33.9. The zero-order chi connectivity index (χ0) is 38.1. The molecule has 0 amide bonds. The average Bonchev–Trinajstić information content (AvgIpc) is 3.93. The third kappa shape index (κ3) is 5.20. The molecule has 3 aliphatic heterocycles. The monoisotopic (exact) mass is 747 g/mol. The first-order chi connectivity index (χ1) is 25.6. The predicted octanol–water partition coefficient (Wildman–Crippen LogP) is 7.01. The van der Waals surface area contributed by atoms with Crippen LogP contribution in [0.1, 0.15) is 144 Å². The number of allylic oxidation sites excluding steroid dienone is 3. The fraction of sp³-hybridized carbons (Fsp3) is 0.848. The van der Waals surface area contributed by atoms with Gasteiger partial charge in [0.25, 0.3) is 0 Å². The molecule has 6 N–H and O–H groups in total. The second-order valence-electron chi connectivity index (χ2n) is 21.2. The number of aliphatic hydroxyl groups excluding tert-OH is 1. The second kappa shape index (κ2) is 12.9. The number of hydrogen-bond donors (Lipinski definition) is 5. The van der Waals surface area contributed by atoms with Crippen molar-refractivity contribution in [1.82, 2.24) is 5.32 Å². The van der Waals surface area contributed by atoms with Crippen molar-refractivity contribution in [2.45, 2.75) is 179 Å². The molecule has 13 atom stereocenters. The smallest absolute Gasteiger partial charge is 0.162 e. The van der Waals surface area contributed by atoms with Gasteiger partial charge in [0.05, 0.1) is 23.1 Å². The van der Waals surface area contributed by atoms with Gasteiger partial charge in [0.1, 0.15) is 17.8 Å². The van der Waals surface area contributed by atoms with Gasteiger partial charge in [0.15, 0.2) is 5.78 Å². The van der Waals surface area contributed by atoms with Gasteiger partial charge in [-0.3, -0.25) is 4.79 Å². The molecule has 3 heterocycles. The number of carbonyl (C=O) groups is 1. The van der Waals surface area contributed by atoms with Crippen LogP contribution in [0.15, 0.2) is 34.7 Å². The summed E-state index contributed by atoms with van der Waals surface area (Å²) in [6, 6.07) is 0. The summed E-state index contributed by atoms with van der Waals surface area (Å²) in [5.41, 5.74) is 5.50. The van der Waals surface area contributed by atoms with Gasteiger partial charge < -0.3 is 35.8 Å². The summed E-state index contributed by atoms with van der Waals surface area (Å²) in [5.74, 6) is 2.09. The van der Waals surface area contributed by atoms with Gasteiger partial charge in [0, 0.05) is 24.5 Å². The van der Waals surface area contributed by atoms with Gasteiger partial charge in [-0.2, -0.15) is 0 Å². The molecule has 300 valence electrons. The Hall–Kier alpha value is -1.71. The predicted molar refractivity (Wildman–Crippen MR) is 209 cm³/mol. The van der Waals surface area contributed by atoms with Crippen LogP contribution in [0.3, 0.4) is 0 Å². The molecule has 9 aliphatic rings. The van der Waals surface area contributed by atoms with Gasteiger partial charge in [-0.15, -0.1) is 0 Å². The van der Waals surface area contributed by atoms with E-state index in [0.29, 0.717) is 30.7 Å². The maximum Gasteiger partial charge on any atom is 0.162 e. The summed E-state index contributed by atoms with van der Waals surface area (Å²) >= 11 is 0. The molecule has 0 aromatic heterocycles. The van der Waals surface area contributed by atoms with Gasteiger partial charge in [-0.05, 0) is 160 Å². The Kier molecular flexibility index (Phi) is 9.04. The second-order valence-corrected chi connectivity index (χ2v) is 21.2. The minimum Gasteiger partial charge on any atom is -0.393 e. The molecule has 13 unspecified atom stereocenters. The number of dihydropyridines is 1. The lowest BCUT2D eigenvalue weighted by Crippen LogP contribution is -2.67. The van der Waals surface area contributed by atoms with Crippen LogP contribution in [0, 0.1) is 51.8 Å². The molecule has 0 aromatic rings. The van der Waals surface area contributed by atoms with Crippen molar-refractivity contribution in [3.8, 4) is 0 Å². The van der Waals surface area contributed by atoms with Crippen LogP contribution in [-0.4, -0.2) is 69.4 Å². The number of fused-ring (bicyclic) bond motifs is 2. The molecule has 6 aliphatic carbocycles. The summed E-state index contributed by atoms with van der Waals surface area (Å²) in [5, 5.41) is 40.6. The van der Waals surface area contributed by atoms with E-state index < -0.39 is 33.7 Å². The first-order valence-electron chi connectivity index (χ1n) is 22.2. The molecule has 8 nitrogen and oxygen atoms in total. The highest BCUT2D eigenvalue weighted by Crippen LogP contribution is 2.76. The number of hydrogen-bond acceptors (Lipinski definition) is 8. The Bertz CT molecular complexity index is 1630. The molecular formula is C46H70N2O6. The van der Waals surface area contributed by atoms with Crippen molar-refractivity contribution in [2.24, 2.45) is 57.5 Å². The first-order valence-corrected chi connectivity index (χ1v) is 22.2. The maximum atomic E-state index is 15.0. The SMILES string of the molecule is CC1CCOC(C2OC2C(C)(O)C(C)(C)CCC2=CCNC(N)=C2)(C2CC3CCC4=C5C(CCC2(C)C53O)C2(C3CCCCC3)CCC(O)CC2C4=O)C1. The fourth-order valence-corrected chi connectivity index (χ4v) is 15.1. The molecule has 8 heteroatoms. The highest BCUT2D eigenvalue weighted by molar-refractivity contribution is 6.00. The van der Waals surface area contributed by atoms with Crippen molar-refractivity contribution in [3.05, 3.63) is 34.7 Å². The number of ketones is 1. The molecule has 0 spiro atoms. The molecule has 0 radical (unpaired) electrons. The van der Waals surface area contributed by atoms with E-state index in [4.69, 9.17) is 15.2 Å². The molecule has 0 aromatic carbocycles. The third-order valence-corrected chi connectivity index (χ3v) is 18.4. The van der Waals surface area contributed by atoms with Gasteiger partial charge in [0.2, 0.25) is 0 Å². The minimum absolute atomic E-state index is 0.0455. The van der Waals surface area contributed by atoms with Crippen molar-refractivity contribution in [2.75, 3.05) is 13.2 Å². The highest BCUT2D eigenvalue weighted by Gasteiger charge is 2.78. The molecule has 0 bridgehead atoms. The van der Waals surface area contributed by atoms with E-state index in [1.165, 1.54) is 37.7 Å². The van der Waals surface area contributed by atoms with Gasteiger partial charge in [-0.1, -0.05) is 53.0 Å². The average molecular weight is 747 g/mol. The lowest BCUT2D eigenvalue weighted by molar-refractivity contribution is -0.201. The molecular weight excluding hydrogens is 677 g/mol. The van der Waals surface area contributed by atoms with Crippen molar-refractivity contribution >= 4 is 5.78 Å². The number of ether oxygens (including phenoxy) is 2.